The minimum Gasteiger partial charge on any atom is -0.397 e. The second-order valence-electron chi connectivity index (χ2n) is 6.30. The Labute approximate surface area is 149 Å². The van der Waals surface area contributed by atoms with Gasteiger partial charge in [0.2, 0.25) is 10.0 Å². The molecule has 6 nitrogen and oxygen atoms in total. The van der Waals surface area contributed by atoms with Gasteiger partial charge in [-0.25, -0.2) is 8.42 Å². The Kier molecular flexibility index (Phi) is 5.27. The Bertz CT molecular complexity index is 816. The van der Waals surface area contributed by atoms with Gasteiger partial charge in [0.15, 0.2) is 0 Å². The lowest BCUT2D eigenvalue weighted by molar-refractivity contribution is 0.222. The molecule has 3 N–H and O–H groups in total. The summed E-state index contributed by atoms with van der Waals surface area (Å²) in [6.07, 6.45) is 0. The Morgan fingerprint density at radius 3 is 2.36 bits per heavy atom. The molecule has 1 heterocycles. The number of nitrogens with two attached hydrogens (primary N) is 1. The summed E-state index contributed by atoms with van der Waals surface area (Å²) in [6, 6.07) is 14.9. The van der Waals surface area contributed by atoms with E-state index in [2.05, 4.69) is 10.2 Å². The van der Waals surface area contributed by atoms with Gasteiger partial charge in [0, 0.05) is 32.7 Å². The predicted octanol–water partition coefficient (Wildman–Crippen LogP) is 1.82. The third-order valence-electron chi connectivity index (χ3n) is 4.45. The number of anilines is 2. The van der Waals surface area contributed by atoms with Crippen LogP contribution in [0.4, 0.5) is 11.4 Å². The highest BCUT2D eigenvalue weighted by Crippen LogP contribution is 2.25. The highest BCUT2D eigenvalue weighted by Gasteiger charge is 2.27. The SMILES string of the molecule is CN1CCN(S(=O)(=O)c2ccc(NCc3ccccc3)c(N)c2)CC1. The van der Waals surface area contributed by atoms with E-state index in [0.717, 1.165) is 24.3 Å². The molecule has 1 aliphatic rings. The Hall–Kier alpha value is -2.09. The largest absolute Gasteiger partial charge is 0.397 e. The molecule has 0 aromatic heterocycles. The first kappa shape index (κ1) is 17.7. The van der Waals surface area contributed by atoms with Crippen molar-refractivity contribution < 1.29 is 8.42 Å². The molecule has 0 atom stereocenters. The lowest BCUT2D eigenvalue weighted by Gasteiger charge is -2.31. The maximum absolute atomic E-state index is 12.8. The monoisotopic (exact) mass is 360 g/mol. The van der Waals surface area contributed by atoms with Crippen molar-refractivity contribution >= 4 is 21.4 Å². The van der Waals surface area contributed by atoms with Crippen LogP contribution in [0, 0.1) is 0 Å². The van der Waals surface area contributed by atoms with Crippen molar-refractivity contribution in [3.05, 3.63) is 54.1 Å². The van der Waals surface area contributed by atoms with E-state index in [4.69, 9.17) is 5.73 Å². The standard InChI is InChI=1S/C18H24N4O2S/c1-21-9-11-22(12-10-21)25(23,24)16-7-8-18(17(19)13-16)20-14-15-5-3-2-4-6-15/h2-8,13,20H,9-12,14,19H2,1H3. The van der Waals surface area contributed by atoms with Crippen LogP contribution in [0.25, 0.3) is 0 Å². The van der Waals surface area contributed by atoms with Crippen LogP contribution in [-0.4, -0.2) is 50.8 Å². The summed E-state index contributed by atoms with van der Waals surface area (Å²) in [7, 11) is -1.50. The Morgan fingerprint density at radius 2 is 1.72 bits per heavy atom. The van der Waals surface area contributed by atoms with E-state index in [0.29, 0.717) is 25.3 Å². The summed E-state index contributed by atoms with van der Waals surface area (Å²) < 4.78 is 27.1. The van der Waals surface area contributed by atoms with Crippen molar-refractivity contribution in [1.29, 1.82) is 0 Å². The zero-order chi connectivity index (χ0) is 17.9. The number of benzene rings is 2. The second kappa shape index (κ2) is 7.43. The van der Waals surface area contributed by atoms with Crippen molar-refractivity contribution in [1.82, 2.24) is 9.21 Å². The van der Waals surface area contributed by atoms with Crippen molar-refractivity contribution in [2.45, 2.75) is 11.4 Å². The van der Waals surface area contributed by atoms with E-state index in [-0.39, 0.29) is 4.90 Å². The maximum atomic E-state index is 12.8. The zero-order valence-corrected chi connectivity index (χ0v) is 15.2. The smallest absolute Gasteiger partial charge is 0.243 e. The topological polar surface area (TPSA) is 78.7 Å². The molecule has 1 fully saturated rings. The van der Waals surface area contributed by atoms with E-state index in [1.54, 1.807) is 18.2 Å². The Morgan fingerprint density at radius 1 is 1.04 bits per heavy atom. The van der Waals surface area contributed by atoms with Crippen LogP contribution < -0.4 is 11.1 Å². The van der Waals surface area contributed by atoms with Crippen molar-refractivity contribution in [3.8, 4) is 0 Å². The van der Waals surface area contributed by atoms with Gasteiger partial charge < -0.3 is 16.0 Å². The van der Waals surface area contributed by atoms with Crippen LogP contribution in [0.2, 0.25) is 0 Å². The van der Waals surface area contributed by atoms with Gasteiger partial charge in [-0.15, -0.1) is 0 Å². The molecule has 0 saturated carbocycles. The van der Waals surface area contributed by atoms with Gasteiger partial charge in [-0.2, -0.15) is 4.31 Å². The number of hydrogen-bond donors (Lipinski definition) is 2. The summed E-state index contributed by atoms with van der Waals surface area (Å²) in [6.45, 7) is 3.13. The van der Waals surface area contributed by atoms with Gasteiger partial charge in [0.25, 0.3) is 0 Å². The van der Waals surface area contributed by atoms with Crippen LogP contribution >= 0.6 is 0 Å². The van der Waals surface area contributed by atoms with E-state index in [1.165, 1.54) is 4.31 Å². The molecule has 3 rings (SSSR count). The molecule has 2 aromatic rings. The summed E-state index contributed by atoms with van der Waals surface area (Å²) in [4.78, 5) is 2.37. The van der Waals surface area contributed by atoms with Gasteiger partial charge in [0.1, 0.15) is 0 Å². The van der Waals surface area contributed by atoms with Gasteiger partial charge in [0.05, 0.1) is 16.3 Å². The quantitative estimate of drug-likeness (QED) is 0.795. The van der Waals surface area contributed by atoms with E-state index >= 15 is 0 Å². The lowest BCUT2D eigenvalue weighted by Crippen LogP contribution is -2.47. The van der Waals surface area contributed by atoms with Gasteiger partial charge >= 0.3 is 0 Å². The average Bonchev–Trinajstić information content (AvgIpc) is 2.62. The van der Waals surface area contributed by atoms with E-state index in [1.807, 2.05) is 37.4 Å². The molecule has 2 aromatic carbocycles. The normalized spacial score (nSPS) is 16.7. The van der Waals surface area contributed by atoms with Crippen LogP contribution in [-0.2, 0) is 16.6 Å². The van der Waals surface area contributed by atoms with Gasteiger partial charge in [-0.3, -0.25) is 0 Å². The molecule has 1 saturated heterocycles. The molecule has 0 unspecified atom stereocenters. The van der Waals surface area contributed by atoms with Gasteiger partial charge in [-0.1, -0.05) is 30.3 Å². The van der Waals surface area contributed by atoms with E-state index < -0.39 is 10.0 Å². The molecular formula is C18H24N4O2S. The maximum Gasteiger partial charge on any atom is 0.243 e. The Balaban J connectivity index is 1.72. The molecule has 134 valence electrons. The number of nitrogen functional groups attached to an aromatic ring is 1. The lowest BCUT2D eigenvalue weighted by atomic mass is 10.2. The number of piperazine rings is 1. The summed E-state index contributed by atoms with van der Waals surface area (Å²) in [5, 5.41) is 3.25. The van der Waals surface area contributed by atoms with Gasteiger partial charge in [-0.05, 0) is 30.8 Å². The molecule has 0 bridgehead atoms. The average molecular weight is 360 g/mol. The molecule has 0 aliphatic carbocycles. The first-order valence-corrected chi connectivity index (χ1v) is 9.77. The second-order valence-corrected chi connectivity index (χ2v) is 8.23. The fraction of sp³-hybridized carbons (Fsp3) is 0.333. The summed E-state index contributed by atoms with van der Waals surface area (Å²) in [5.74, 6) is 0. The fourth-order valence-electron chi connectivity index (χ4n) is 2.83. The molecule has 0 radical (unpaired) electrons. The highest BCUT2D eigenvalue weighted by molar-refractivity contribution is 7.89. The highest BCUT2D eigenvalue weighted by atomic mass is 32.2. The number of sulfonamides is 1. The first-order chi connectivity index (χ1) is 12.0. The van der Waals surface area contributed by atoms with Crippen molar-refractivity contribution in [2.75, 3.05) is 44.3 Å². The molecule has 0 amide bonds. The molecule has 1 aliphatic heterocycles. The first-order valence-electron chi connectivity index (χ1n) is 8.33. The van der Waals surface area contributed by atoms with Crippen LogP contribution in [0.5, 0.6) is 0 Å². The van der Waals surface area contributed by atoms with Crippen LogP contribution in [0.1, 0.15) is 5.56 Å². The summed E-state index contributed by atoms with van der Waals surface area (Å²) >= 11 is 0. The third-order valence-corrected chi connectivity index (χ3v) is 6.34. The number of hydrogen-bond acceptors (Lipinski definition) is 5. The minimum atomic E-state index is -3.49. The predicted molar refractivity (Wildman–Crippen MR) is 101 cm³/mol. The molecule has 0 spiro atoms. The third kappa shape index (κ3) is 4.12. The van der Waals surface area contributed by atoms with Crippen LogP contribution in [0.3, 0.4) is 0 Å². The summed E-state index contributed by atoms with van der Waals surface area (Å²) in [5.41, 5.74) is 8.39. The molecule has 7 heteroatoms. The molecule has 25 heavy (non-hydrogen) atoms. The van der Waals surface area contributed by atoms with Crippen molar-refractivity contribution in [3.63, 3.8) is 0 Å². The van der Waals surface area contributed by atoms with Crippen molar-refractivity contribution in [2.24, 2.45) is 0 Å². The van der Waals surface area contributed by atoms with E-state index in [9.17, 15) is 8.42 Å². The fourth-order valence-corrected chi connectivity index (χ4v) is 4.29. The number of nitrogens with zero attached hydrogens (tertiary/aromatic N) is 2. The number of rotatable bonds is 5. The minimum absolute atomic E-state index is 0.250. The number of nitrogens with one attached hydrogen (secondary N) is 1. The zero-order valence-electron chi connectivity index (χ0n) is 14.4. The number of likely N-dealkylation sites (N-methyl/N-ethyl adjacent to an activating group) is 1. The van der Waals surface area contributed by atoms with Crippen LogP contribution in [0.15, 0.2) is 53.4 Å². The molecular weight excluding hydrogens is 336 g/mol.